The van der Waals surface area contributed by atoms with Crippen LogP contribution in [0.5, 0.6) is 0 Å². The van der Waals surface area contributed by atoms with E-state index >= 15 is 0 Å². The minimum atomic E-state index is -0.245. The number of carbonyl (C=O) groups is 2. The summed E-state index contributed by atoms with van der Waals surface area (Å²) in [5.41, 5.74) is 8.86. The molecule has 1 N–H and O–H groups in total. The molecular weight excluding hydrogens is 973 g/mol. The van der Waals surface area contributed by atoms with E-state index in [0.717, 1.165) is 7.11 Å². The van der Waals surface area contributed by atoms with Gasteiger partial charge in [0.1, 0.15) is 0 Å². The van der Waals surface area contributed by atoms with Crippen LogP contribution in [-0.2, 0) is 61.6 Å². The highest BCUT2D eigenvalue weighted by Crippen LogP contribution is 2.03. The van der Waals surface area contributed by atoms with Crippen LogP contribution in [0.2, 0.25) is 24.2 Å². The van der Waals surface area contributed by atoms with Crippen molar-refractivity contribution in [2.45, 2.75) is 103 Å². The summed E-state index contributed by atoms with van der Waals surface area (Å²) in [5, 5.41) is 7.00. The molecule has 0 amide bonds. The molecule has 0 heterocycles. The summed E-state index contributed by atoms with van der Waals surface area (Å²) in [5.74, 6) is -0.491. The fourth-order valence-electron chi connectivity index (χ4n) is 5.16. The summed E-state index contributed by atoms with van der Waals surface area (Å²) in [6.45, 7) is 10.7. The van der Waals surface area contributed by atoms with E-state index in [1.165, 1.54) is 185 Å². The van der Waals surface area contributed by atoms with E-state index < -0.39 is 0 Å². The molecule has 398 valence electrons. The molecule has 0 atom stereocenters. The van der Waals surface area contributed by atoms with Gasteiger partial charge in [-0.05, 0) is 60.0 Å². The monoisotopic (exact) mass is 1070 g/mol. The van der Waals surface area contributed by atoms with Gasteiger partial charge in [0.25, 0.3) is 0 Å². The second-order valence-electron chi connectivity index (χ2n) is 14.4. The maximum atomic E-state index is 9.59. The van der Waals surface area contributed by atoms with Crippen molar-refractivity contribution in [1.82, 2.24) is 0 Å². The zero-order valence-electron chi connectivity index (χ0n) is 47.9. The van der Waals surface area contributed by atoms with Crippen molar-refractivity contribution in [2.75, 3.05) is 35.5 Å². The number of carbonyl (C=O) groups excluding carboxylic acids is 2. The molecule has 0 saturated heterocycles. The van der Waals surface area contributed by atoms with Crippen molar-refractivity contribution in [3.63, 3.8) is 0 Å². The smallest absolute Gasteiger partial charge is 0.302 e. The number of esters is 2. The minimum Gasteiger partial charge on any atom is -0.469 e. The second kappa shape index (κ2) is 69.7. The summed E-state index contributed by atoms with van der Waals surface area (Å²) in [4.78, 5) is 19.2. The Morgan fingerprint density at radius 2 is 0.465 bits per heavy atom. The van der Waals surface area contributed by atoms with Crippen molar-refractivity contribution < 1.29 is 28.9 Å². The first-order valence-corrected chi connectivity index (χ1v) is 34.2. The van der Waals surface area contributed by atoms with Crippen LogP contribution in [0.1, 0.15) is 74.9 Å². The number of hydrogen-bond acceptors (Lipinski definition) is 6. The predicted octanol–water partition coefficient (Wildman–Crippen LogP) is 7.44. The summed E-state index contributed by atoms with van der Waals surface area (Å²) in [6, 6.07) is 71.9. The number of rotatable bonds is 10. The van der Waals surface area contributed by atoms with Crippen LogP contribution in [-0.4, -0.2) is 114 Å². The average Bonchev–Trinajstić information content (AvgIpc) is 3.44. The van der Waals surface area contributed by atoms with E-state index in [4.69, 9.17) is 5.11 Å². The third-order valence-electron chi connectivity index (χ3n) is 8.60. The van der Waals surface area contributed by atoms with E-state index in [9.17, 15) is 9.59 Å². The predicted molar refractivity (Wildman–Crippen MR) is 339 cm³/mol. The van der Waals surface area contributed by atoms with Gasteiger partial charge < -0.3 is 19.3 Å². The Bertz CT molecular complexity index is 1610. The Labute approximate surface area is 454 Å². The zero-order chi connectivity index (χ0) is 55.0. The third-order valence-corrected chi connectivity index (χ3v) is 12.2. The molecule has 0 aliphatic rings. The van der Waals surface area contributed by atoms with E-state index in [-0.39, 0.29) is 11.9 Å². The third kappa shape index (κ3) is 65.5. The normalized spacial score (nSPS) is 8.56. The lowest BCUT2D eigenvalue weighted by atomic mass is 10.2. The molecule has 0 aliphatic heterocycles. The lowest BCUT2D eigenvalue weighted by Gasteiger charge is -1.93. The van der Waals surface area contributed by atoms with Crippen LogP contribution in [0.25, 0.3) is 0 Å². The minimum absolute atomic E-state index is 0.245. The number of hydrogen-bond donors (Lipinski definition) is 1. The fraction of sp³-hybridized carbons (Fsp3) is 0.356. The summed E-state index contributed by atoms with van der Waals surface area (Å²) >= 11 is 0. The standard InChI is InChI=1S/4C8H12Si.2C7H10Si.2C3H6O2.C2H6O.2C2H6.CH4O/c4*9-7-6-8-4-2-1-3-5-8;2*8-6-7-4-2-1-3-5-7;2*1-3(4)5-2;1-3-2;3*1-2/h4*1-5H,6-7H2,9H3;2*1-5H,6H2,8H3;2*1-2H3;1-2H3;2*1-2H3;2H,1H3. The Morgan fingerprint density at radius 3 is 0.549 bits per heavy atom. The van der Waals surface area contributed by atoms with Gasteiger partial charge in [-0.3, -0.25) is 9.59 Å². The van der Waals surface area contributed by atoms with Crippen molar-refractivity contribution >= 4 is 73.4 Å². The molecule has 6 aromatic rings. The van der Waals surface area contributed by atoms with E-state index in [2.05, 4.69) is 196 Å². The summed E-state index contributed by atoms with van der Waals surface area (Å²) in [6.07, 6.45) is 5.08. The van der Waals surface area contributed by atoms with Crippen molar-refractivity contribution in [1.29, 1.82) is 0 Å². The first kappa shape index (κ1) is 77.9. The van der Waals surface area contributed by atoms with E-state index in [1.807, 2.05) is 27.7 Å². The van der Waals surface area contributed by atoms with Gasteiger partial charge >= 0.3 is 11.9 Å². The highest BCUT2D eigenvalue weighted by Gasteiger charge is 1.88. The number of aliphatic hydroxyl groups is 1. The molecule has 0 unspecified atom stereocenters. The fourth-order valence-corrected chi connectivity index (χ4v) is 8.41. The van der Waals surface area contributed by atoms with Crippen LogP contribution < -0.4 is 0 Å². The van der Waals surface area contributed by atoms with Crippen molar-refractivity contribution in [3.8, 4) is 0 Å². The van der Waals surface area contributed by atoms with Gasteiger partial charge in [0.2, 0.25) is 0 Å². The van der Waals surface area contributed by atoms with Gasteiger partial charge in [-0.1, -0.05) is 245 Å². The van der Waals surface area contributed by atoms with E-state index in [1.54, 1.807) is 14.2 Å². The lowest BCUT2D eigenvalue weighted by Crippen LogP contribution is -1.88. The molecule has 0 saturated carbocycles. The van der Waals surface area contributed by atoms with Gasteiger partial charge in [0.15, 0.2) is 0 Å². The highest BCUT2D eigenvalue weighted by molar-refractivity contribution is 6.09. The van der Waals surface area contributed by atoms with Crippen molar-refractivity contribution in [2.24, 2.45) is 0 Å². The number of benzene rings is 6. The average molecular weight is 1080 g/mol. The quantitative estimate of drug-likeness (QED) is 0.114. The lowest BCUT2D eigenvalue weighted by molar-refractivity contribution is -0.138. The van der Waals surface area contributed by atoms with E-state index in [0.29, 0.717) is 0 Å². The molecule has 6 rings (SSSR count). The van der Waals surface area contributed by atoms with Crippen molar-refractivity contribution in [3.05, 3.63) is 215 Å². The maximum absolute atomic E-state index is 9.59. The van der Waals surface area contributed by atoms with Crippen LogP contribution >= 0.6 is 0 Å². The molecule has 71 heavy (non-hydrogen) atoms. The molecule has 6 aromatic carbocycles. The molecule has 0 aliphatic carbocycles. The molecule has 12 heteroatoms. The molecule has 0 spiro atoms. The largest absolute Gasteiger partial charge is 0.469 e. The van der Waals surface area contributed by atoms with Crippen LogP contribution in [0.4, 0.5) is 0 Å². The first-order valence-electron chi connectivity index (χ1n) is 25.7. The topological polar surface area (TPSA) is 82.1 Å². The Morgan fingerprint density at radius 1 is 0.338 bits per heavy atom. The maximum Gasteiger partial charge on any atom is 0.302 e. The molecule has 0 fully saturated rings. The summed E-state index contributed by atoms with van der Waals surface area (Å²) in [7, 11) is 14.8. The Balaban J connectivity index is -0.000000167. The van der Waals surface area contributed by atoms with Crippen LogP contribution in [0.3, 0.4) is 0 Å². The summed E-state index contributed by atoms with van der Waals surface area (Å²) < 4.78 is 12.5. The van der Waals surface area contributed by atoms with Gasteiger partial charge in [-0.25, -0.2) is 0 Å². The molecule has 0 bridgehead atoms. The SMILES string of the molecule is CC.CC.CO.COC.COC(C)=O.COC(C)=O.[SiH3]CCc1ccccc1.[SiH3]CCc1ccccc1.[SiH3]CCc1ccccc1.[SiH3]CCc1ccccc1.[SiH3]Cc1ccccc1.[SiH3]Cc1ccccc1. The molecule has 0 radical (unpaired) electrons. The molecule has 0 aromatic heterocycles. The van der Waals surface area contributed by atoms with Crippen LogP contribution in [0.15, 0.2) is 182 Å². The number of aliphatic hydroxyl groups excluding tert-OH is 1. The number of ether oxygens (including phenoxy) is 3. The highest BCUT2D eigenvalue weighted by atomic mass is 28.2. The Hall–Kier alpha value is -4.52. The van der Waals surface area contributed by atoms with Gasteiger partial charge in [0.05, 0.1) is 14.2 Å². The number of methoxy groups -OCH3 is 3. The zero-order valence-corrected chi connectivity index (χ0v) is 59.9. The molecule has 6 nitrogen and oxygen atoms in total. The number of aryl methyl sites for hydroxylation is 4. The first-order chi connectivity index (χ1) is 34.5. The Kier molecular flexibility index (Phi) is 76.5. The molecular formula is C59H102O6Si6. The van der Waals surface area contributed by atoms with Gasteiger partial charge in [-0.2, -0.15) is 0 Å². The van der Waals surface area contributed by atoms with Gasteiger partial charge in [-0.15, -0.1) is 0 Å². The van der Waals surface area contributed by atoms with Crippen LogP contribution in [0, 0.1) is 0 Å². The van der Waals surface area contributed by atoms with Gasteiger partial charge in [0, 0.05) is 96.6 Å². The second-order valence-corrected chi connectivity index (χ2v) is 19.8.